The summed E-state index contributed by atoms with van der Waals surface area (Å²) in [4.78, 5) is 0. The van der Waals surface area contributed by atoms with Gasteiger partial charge in [0.15, 0.2) is 0 Å². The first-order valence-electron chi connectivity index (χ1n) is 3.83. The maximum absolute atomic E-state index is 3.61. The summed E-state index contributed by atoms with van der Waals surface area (Å²) in [5.74, 6) is 0. The van der Waals surface area contributed by atoms with Gasteiger partial charge in [-0.25, -0.2) is 0 Å². The Hall–Kier alpha value is -0.780. The molecule has 0 saturated carbocycles. The van der Waals surface area contributed by atoms with Crippen molar-refractivity contribution in [1.82, 2.24) is 0 Å². The van der Waals surface area contributed by atoms with Crippen LogP contribution in [0, 0.1) is 0 Å². The van der Waals surface area contributed by atoms with Crippen molar-refractivity contribution < 1.29 is 0 Å². The van der Waals surface area contributed by atoms with Crippen molar-refractivity contribution in [2.75, 3.05) is 0 Å². The Morgan fingerprint density at radius 1 is 1.40 bits per heavy atom. The van der Waals surface area contributed by atoms with Gasteiger partial charge in [-0.3, -0.25) is 0 Å². The van der Waals surface area contributed by atoms with Crippen LogP contribution in [0.4, 0.5) is 0 Å². The smallest absolute Gasteiger partial charge is 0.0311 e. The SMILES string of the molecule is C=C/C=C\C(=C/CC)CC. The van der Waals surface area contributed by atoms with Crippen molar-refractivity contribution in [3.05, 3.63) is 36.5 Å². The number of allylic oxidation sites excluding steroid dienone is 5. The molecule has 0 bridgehead atoms. The molecule has 0 aliphatic carbocycles. The van der Waals surface area contributed by atoms with Crippen LogP contribution in [0.5, 0.6) is 0 Å². The van der Waals surface area contributed by atoms with Gasteiger partial charge >= 0.3 is 0 Å². The Kier molecular flexibility index (Phi) is 5.85. The number of hydrogen-bond donors (Lipinski definition) is 0. The van der Waals surface area contributed by atoms with E-state index < -0.39 is 0 Å². The summed E-state index contributed by atoms with van der Waals surface area (Å²) in [7, 11) is 0. The van der Waals surface area contributed by atoms with Crippen molar-refractivity contribution in [2.24, 2.45) is 0 Å². The maximum atomic E-state index is 3.61. The highest BCUT2D eigenvalue weighted by atomic mass is 13.9. The molecule has 10 heavy (non-hydrogen) atoms. The summed E-state index contributed by atoms with van der Waals surface area (Å²) < 4.78 is 0. The standard InChI is InChI=1S/C10H16/c1-4-7-9-10(6-3)8-5-2/h4,7-9H,1,5-6H2,2-3H3/b9-7-,10-8-. The third kappa shape index (κ3) is 4.13. The van der Waals surface area contributed by atoms with Crippen molar-refractivity contribution in [2.45, 2.75) is 26.7 Å². The van der Waals surface area contributed by atoms with E-state index in [9.17, 15) is 0 Å². The minimum atomic E-state index is 1.11. The first-order chi connectivity index (χ1) is 4.85. The fourth-order valence-electron chi connectivity index (χ4n) is 0.784. The van der Waals surface area contributed by atoms with Crippen LogP contribution in [0.1, 0.15) is 26.7 Å². The largest absolute Gasteiger partial charge is 0.0991 e. The Labute approximate surface area is 64.0 Å². The predicted octanol–water partition coefficient (Wildman–Crippen LogP) is 3.48. The highest BCUT2D eigenvalue weighted by molar-refractivity contribution is 5.20. The van der Waals surface area contributed by atoms with E-state index in [4.69, 9.17) is 0 Å². The van der Waals surface area contributed by atoms with E-state index in [1.54, 1.807) is 6.08 Å². The minimum Gasteiger partial charge on any atom is -0.0991 e. The molecule has 0 aromatic carbocycles. The Morgan fingerprint density at radius 2 is 2.10 bits per heavy atom. The second-order valence-electron chi connectivity index (χ2n) is 2.14. The lowest BCUT2D eigenvalue weighted by molar-refractivity contribution is 1.10. The van der Waals surface area contributed by atoms with Crippen LogP contribution in [0.3, 0.4) is 0 Å². The Balaban J connectivity index is 3.94. The van der Waals surface area contributed by atoms with E-state index in [0.29, 0.717) is 0 Å². The zero-order valence-electron chi connectivity index (χ0n) is 6.93. The molecule has 0 heteroatoms. The fraction of sp³-hybridized carbons (Fsp3) is 0.400. The lowest BCUT2D eigenvalue weighted by atomic mass is 10.1. The van der Waals surface area contributed by atoms with E-state index in [-0.39, 0.29) is 0 Å². The first kappa shape index (κ1) is 9.22. The zero-order valence-corrected chi connectivity index (χ0v) is 6.93. The molecular formula is C10H16. The molecule has 0 aromatic heterocycles. The Morgan fingerprint density at radius 3 is 2.50 bits per heavy atom. The molecule has 56 valence electrons. The molecule has 0 atom stereocenters. The van der Waals surface area contributed by atoms with Gasteiger partial charge in [-0.15, -0.1) is 0 Å². The van der Waals surface area contributed by atoms with Gasteiger partial charge in [0, 0.05) is 0 Å². The van der Waals surface area contributed by atoms with Crippen LogP contribution >= 0.6 is 0 Å². The molecule has 0 saturated heterocycles. The summed E-state index contributed by atoms with van der Waals surface area (Å²) >= 11 is 0. The normalized spacial score (nSPS) is 12.4. The highest BCUT2D eigenvalue weighted by Crippen LogP contribution is 2.03. The quantitative estimate of drug-likeness (QED) is 0.519. The van der Waals surface area contributed by atoms with E-state index in [1.807, 2.05) is 6.08 Å². The van der Waals surface area contributed by atoms with Crippen molar-refractivity contribution in [3.63, 3.8) is 0 Å². The molecular weight excluding hydrogens is 120 g/mol. The summed E-state index contributed by atoms with van der Waals surface area (Å²) in [6, 6.07) is 0. The van der Waals surface area contributed by atoms with Crippen LogP contribution in [0.15, 0.2) is 36.5 Å². The zero-order chi connectivity index (χ0) is 7.82. The summed E-state index contributed by atoms with van der Waals surface area (Å²) in [5.41, 5.74) is 1.39. The monoisotopic (exact) mass is 136 g/mol. The molecule has 0 fully saturated rings. The molecule has 0 aliphatic rings. The van der Waals surface area contributed by atoms with Crippen molar-refractivity contribution >= 4 is 0 Å². The topological polar surface area (TPSA) is 0 Å². The van der Waals surface area contributed by atoms with Gasteiger partial charge in [-0.1, -0.05) is 50.3 Å². The molecule has 0 rings (SSSR count). The van der Waals surface area contributed by atoms with Crippen LogP contribution in [-0.2, 0) is 0 Å². The van der Waals surface area contributed by atoms with E-state index in [2.05, 4.69) is 32.6 Å². The van der Waals surface area contributed by atoms with E-state index in [0.717, 1.165) is 12.8 Å². The third-order valence-corrected chi connectivity index (χ3v) is 1.32. The molecule has 0 amide bonds. The number of rotatable bonds is 4. The van der Waals surface area contributed by atoms with E-state index in [1.165, 1.54) is 5.57 Å². The second kappa shape index (κ2) is 6.34. The summed E-state index contributed by atoms with van der Waals surface area (Å²) in [6.45, 7) is 7.92. The summed E-state index contributed by atoms with van der Waals surface area (Å²) in [6.07, 6.45) is 10.4. The van der Waals surface area contributed by atoms with Crippen molar-refractivity contribution in [1.29, 1.82) is 0 Å². The van der Waals surface area contributed by atoms with Gasteiger partial charge in [-0.05, 0) is 12.8 Å². The fourth-order valence-corrected chi connectivity index (χ4v) is 0.784. The van der Waals surface area contributed by atoms with Gasteiger partial charge in [0.1, 0.15) is 0 Å². The van der Waals surface area contributed by atoms with Gasteiger partial charge in [0.2, 0.25) is 0 Å². The average Bonchev–Trinajstić information content (AvgIpc) is 1.98. The van der Waals surface area contributed by atoms with Crippen LogP contribution in [0.2, 0.25) is 0 Å². The maximum Gasteiger partial charge on any atom is -0.0311 e. The highest BCUT2D eigenvalue weighted by Gasteiger charge is 1.82. The van der Waals surface area contributed by atoms with Gasteiger partial charge in [-0.2, -0.15) is 0 Å². The Bertz CT molecular complexity index is 135. The number of hydrogen-bond acceptors (Lipinski definition) is 0. The molecule has 0 unspecified atom stereocenters. The second-order valence-corrected chi connectivity index (χ2v) is 2.14. The first-order valence-corrected chi connectivity index (χ1v) is 3.83. The average molecular weight is 136 g/mol. The van der Waals surface area contributed by atoms with Gasteiger partial charge in [0.05, 0.1) is 0 Å². The van der Waals surface area contributed by atoms with Gasteiger partial charge < -0.3 is 0 Å². The van der Waals surface area contributed by atoms with Crippen LogP contribution in [-0.4, -0.2) is 0 Å². The minimum absolute atomic E-state index is 1.11. The molecule has 0 nitrogen and oxygen atoms in total. The van der Waals surface area contributed by atoms with Crippen LogP contribution in [0.25, 0.3) is 0 Å². The molecule has 0 aromatic rings. The molecule has 0 N–H and O–H groups in total. The van der Waals surface area contributed by atoms with Crippen molar-refractivity contribution in [3.8, 4) is 0 Å². The lowest BCUT2D eigenvalue weighted by Crippen LogP contribution is -1.72. The van der Waals surface area contributed by atoms with Crippen LogP contribution < -0.4 is 0 Å². The molecule has 0 heterocycles. The van der Waals surface area contributed by atoms with Gasteiger partial charge in [0.25, 0.3) is 0 Å². The summed E-state index contributed by atoms with van der Waals surface area (Å²) in [5, 5.41) is 0. The molecule has 0 radical (unpaired) electrons. The predicted molar refractivity (Wildman–Crippen MR) is 48.0 cm³/mol. The lowest BCUT2D eigenvalue weighted by Gasteiger charge is -1.92. The third-order valence-electron chi connectivity index (χ3n) is 1.32. The molecule has 0 spiro atoms. The molecule has 0 aliphatic heterocycles. The van der Waals surface area contributed by atoms with E-state index >= 15 is 0 Å².